The number of nitrogens with two attached hydrogens (primary N) is 1. The average Bonchev–Trinajstić information content (AvgIpc) is 3.22. The van der Waals surface area contributed by atoms with Crippen molar-refractivity contribution in [1.82, 2.24) is 0 Å². The van der Waals surface area contributed by atoms with Gasteiger partial charge in [-0.3, -0.25) is 19.1 Å². The van der Waals surface area contributed by atoms with Crippen molar-refractivity contribution >= 4 is 44.5 Å². The normalized spacial score (nSPS) is 38.1. The number of hydrogen-bond donors (Lipinski definition) is 10. The Morgan fingerprint density at radius 3 is 1.37 bits per heavy atom. The van der Waals surface area contributed by atoms with Crippen molar-refractivity contribution in [2.45, 2.75) is 156 Å². The number of aliphatic hydroxyl groups is 7. The molecule has 38 heteroatoms. The van der Waals surface area contributed by atoms with Gasteiger partial charge in [0.1, 0.15) is 97.5 Å². The molecule has 4 heterocycles. The Hall–Kier alpha value is 0.980. The molecule has 4 aliphatic heterocycles. The van der Waals surface area contributed by atoms with Gasteiger partial charge in [-0.25, -0.2) is 8.37 Å². The van der Waals surface area contributed by atoms with E-state index in [9.17, 15) is 91.7 Å². The average molecular weight is 1110 g/mol. The van der Waals surface area contributed by atoms with Gasteiger partial charge in [-0.15, -0.1) is 0 Å². The molecule has 0 spiro atoms. The van der Waals surface area contributed by atoms with E-state index in [0.717, 1.165) is 13.8 Å². The van der Waals surface area contributed by atoms with Crippen LogP contribution in [-0.4, -0.2) is 234 Å². The number of aliphatic carboxylic acids is 2. The number of rotatable bonds is 22. The topological polar surface area (TPSA) is 520 Å². The fraction of sp³-hybridized carbons (Fsp3) is 0.879. The molecule has 0 amide bonds. The fourth-order valence-corrected chi connectivity index (χ4v) is 7.81. The third-order valence-electron chi connectivity index (χ3n) is 10.3. The number of aliphatic hydroxyl groups excluding tert-OH is 7. The number of hydrogen-bond acceptors (Lipinski definition) is 30. The van der Waals surface area contributed by atoms with E-state index in [4.69, 9.17) is 43.6 Å². The minimum Gasteiger partial charge on any atom is -0.862 e. The number of aliphatic imine (C=N–C) groups is 2. The first-order valence-corrected chi connectivity index (χ1v) is 22.6. The van der Waals surface area contributed by atoms with Gasteiger partial charge in [-0.05, 0) is 51.5 Å². The van der Waals surface area contributed by atoms with Gasteiger partial charge in [-0.1, -0.05) is 0 Å². The molecule has 0 bridgehead atoms. The molecule has 4 aliphatic rings. The van der Waals surface area contributed by atoms with Gasteiger partial charge in [-0.2, -0.15) is 16.8 Å². The Morgan fingerprint density at radius 1 is 0.535 bits per heavy atom. The fourth-order valence-electron chi connectivity index (χ4n) is 7.20. The van der Waals surface area contributed by atoms with Crippen LogP contribution in [0.5, 0.6) is 0 Å². The summed E-state index contributed by atoms with van der Waals surface area (Å²) >= 11 is 0. The van der Waals surface area contributed by atoms with Crippen molar-refractivity contribution in [3.63, 3.8) is 0 Å². The smallest absolute Gasteiger partial charge is 0.862 e. The molecule has 0 aliphatic carbocycles. The molecule has 32 nitrogen and oxygen atoms in total. The van der Waals surface area contributed by atoms with Gasteiger partial charge < -0.3 is 109 Å². The molecule has 0 unspecified atom stereocenters. The quantitative estimate of drug-likeness (QED) is 0.0158. The summed E-state index contributed by atoms with van der Waals surface area (Å²) in [4.78, 5) is 31.5. The van der Waals surface area contributed by atoms with Crippen LogP contribution in [0, 0.1) is 0 Å². The monoisotopic (exact) mass is 1110 g/mol. The summed E-state index contributed by atoms with van der Waals surface area (Å²) in [5.74, 6) is -6.43. The predicted molar refractivity (Wildman–Crippen MR) is 199 cm³/mol. The standard InChI is InChI=1S/C33H55N3O29S2.4Na/c1-10(37)35-14-16(39)23(12(8-57-66(50,51)52)59-30(14)56-7-5-3-4-6-34)62-33-22(45)20(43)25(27(65-33)29(48)49)63-31-15(36-11(2)38)17(40)24(13(60-31)9-58-67(53,54)55)61-32-21(44)18(41)19(42)26(64-32)28(46)47;;;;/h12-27,30-33,39-45H,3-9,34H2,1-2H3,(H,35,37)(H,36,38)(H,46,47)(H,48,49)(H,50,51,52)(H,53,54,55);;;;/q;4*+1/p-4/t12-,13-,14-,15-,16-,17-,18+,19+,20-,21-,22-,23-,24-,25+,26+,27-,30+,31-,32-,33-;;;;/m1..../s1. The van der Waals surface area contributed by atoms with Crippen LogP contribution in [0.2, 0.25) is 0 Å². The van der Waals surface area contributed by atoms with Crippen molar-refractivity contribution in [2.24, 2.45) is 15.7 Å². The molecule has 0 aromatic rings. The molecule has 0 aromatic heterocycles. The van der Waals surface area contributed by atoms with Crippen LogP contribution in [0.1, 0.15) is 33.1 Å². The van der Waals surface area contributed by atoms with E-state index in [1.807, 2.05) is 0 Å². The van der Waals surface area contributed by atoms with Crippen molar-refractivity contribution < 1.29 is 256 Å². The molecule has 0 saturated carbocycles. The Morgan fingerprint density at radius 2 is 0.944 bits per heavy atom. The van der Waals surface area contributed by atoms with E-state index >= 15 is 0 Å². The number of nitrogens with zero attached hydrogens (tertiary/aromatic N) is 2. The molecule has 71 heavy (non-hydrogen) atoms. The maximum Gasteiger partial charge on any atom is 1.00 e. The van der Waals surface area contributed by atoms with Crippen molar-refractivity contribution in [2.75, 3.05) is 26.4 Å². The summed E-state index contributed by atoms with van der Waals surface area (Å²) in [5.41, 5.74) is 5.49. The van der Waals surface area contributed by atoms with E-state index < -0.39 is 180 Å². The number of carbonyl (C=O) groups is 2. The molecular formula is C33H51N3Na4O29S2. The van der Waals surface area contributed by atoms with Crippen LogP contribution in [0.3, 0.4) is 0 Å². The molecule has 0 radical (unpaired) electrons. The number of unbranched alkanes of at least 4 members (excludes halogenated alkanes) is 2. The zero-order valence-corrected chi connectivity index (χ0v) is 48.6. The zero-order chi connectivity index (χ0) is 50.3. The first-order valence-electron chi connectivity index (χ1n) is 19.9. The minimum atomic E-state index is -5.39. The number of carbonyl (C=O) groups excluding carboxylic acids is 2. The Balaban J connectivity index is 0.0000122. The van der Waals surface area contributed by atoms with Crippen molar-refractivity contribution in [1.29, 1.82) is 0 Å². The first-order chi connectivity index (χ1) is 31.1. The molecular weight excluding hydrogens is 1060 g/mol. The second kappa shape index (κ2) is 32.2. The largest absolute Gasteiger partial charge is 1.00 e. The number of carboxylic acids is 2. The molecule has 388 valence electrons. The van der Waals surface area contributed by atoms with Gasteiger partial charge in [0, 0.05) is 6.61 Å². The van der Waals surface area contributed by atoms with Crippen LogP contribution < -0.4 is 144 Å². The Labute approximate surface area is 493 Å². The molecule has 0 aromatic carbocycles. The molecule has 4 saturated heterocycles. The SMILES string of the molecule is CC([O-])=N[C@H]1[C@@H](O[C@H]2[C@H](O)[C@@H](O)[C@H](O[C@H]3[C@H](O)[C@@H](N=C(C)[O-])[C@@H](OCCCCCN)O[C@@H]3COS(=O)(=O)O)O[C@H]2C(=O)[O-])O[C@H](COS(=O)(=O)O)[C@@H](O[C@@H]2O[C@H](C(=O)[O-])[C@@H](O)[C@H](O)[C@H]2O)[C@@H]1O.[Na+].[Na+].[Na+].[Na+]. The molecule has 4 rings (SSSR count). The Kier molecular flexibility index (Phi) is 32.6. The summed E-state index contributed by atoms with van der Waals surface area (Å²) in [6, 6.07) is -3.85. The minimum absolute atomic E-state index is 0. The second-order valence-corrected chi connectivity index (χ2v) is 17.4. The van der Waals surface area contributed by atoms with Crippen LogP contribution in [0.25, 0.3) is 0 Å². The maximum atomic E-state index is 12.6. The van der Waals surface area contributed by atoms with E-state index in [0.29, 0.717) is 25.8 Å². The van der Waals surface area contributed by atoms with Crippen LogP contribution >= 0.6 is 0 Å². The molecule has 11 N–H and O–H groups in total. The van der Waals surface area contributed by atoms with Gasteiger partial charge in [0.15, 0.2) is 25.2 Å². The van der Waals surface area contributed by atoms with Crippen molar-refractivity contribution in [3.05, 3.63) is 0 Å². The van der Waals surface area contributed by atoms with Gasteiger partial charge in [0.2, 0.25) is 0 Å². The second-order valence-electron chi connectivity index (χ2n) is 15.2. The number of carboxylic acid groups (broad SMARTS) is 2. The third-order valence-corrected chi connectivity index (χ3v) is 11.2. The van der Waals surface area contributed by atoms with Crippen molar-refractivity contribution in [3.8, 4) is 0 Å². The summed E-state index contributed by atoms with van der Waals surface area (Å²) in [6.07, 6.45) is -39.5. The third kappa shape index (κ3) is 20.6. The van der Waals surface area contributed by atoms with Gasteiger partial charge in [0.25, 0.3) is 0 Å². The van der Waals surface area contributed by atoms with E-state index in [2.05, 4.69) is 18.4 Å². The zero-order valence-electron chi connectivity index (χ0n) is 39.0. The van der Waals surface area contributed by atoms with Gasteiger partial charge in [0.05, 0.1) is 25.2 Å². The van der Waals surface area contributed by atoms with Crippen LogP contribution in [-0.2, 0) is 76.6 Å². The van der Waals surface area contributed by atoms with Gasteiger partial charge >= 0.3 is 139 Å². The summed E-state index contributed by atoms with van der Waals surface area (Å²) in [6.45, 7) is -0.519. The first kappa shape index (κ1) is 72.0. The Bertz CT molecular complexity index is 1950. The molecule has 20 atom stereocenters. The van der Waals surface area contributed by atoms with Crippen LogP contribution in [0.15, 0.2) is 9.98 Å². The van der Waals surface area contributed by atoms with E-state index in [-0.39, 0.29) is 125 Å². The van der Waals surface area contributed by atoms with Crippen LogP contribution in [0.4, 0.5) is 0 Å². The summed E-state index contributed by atoms with van der Waals surface area (Å²) in [7, 11) is -10.6. The maximum absolute atomic E-state index is 12.6. The number of ether oxygens (including phenoxy) is 8. The predicted octanol–water partition coefficient (Wildman–Crippen LogP) is -23.8. The summed E-state index contributed by atoms with van der Waals surface area (Å²) < 4.78 is 118. The summed E-state index contributed by atoms with van der Waals surface area (Å²) in [5, 5.41) is 125. The van der Waals surface area contributed by atoms with E-state index in [1.165, 1.54) is 0 Å². The van der Waals surface area contributed by atoms with E-state index in [1.54, 1.807) is 0 Å². The molecule has 4 fully saturated rings.